The summed E-state index contributed by atoms with van der Waals surface area (Å²) in [5.41, 5.74) is 2.59. The standard InChI is InChI=1S/C17H26N4.HI/c1-4-18-17(21-13(2)3)19-11-7-8-14-12-20-16-10-6-5-9-15(14)16;/h5-6,9-10,12-13,20H,4,7-8,11H2,1-3H3,(H2,18,19,21);1H. The van der Waals surface area contributed by atoms with Crippen LogP contribution >= 0.6 is 24.0 Å². The van der Waals surface area contributed by atoms with Crippen molar-refractivity contribution in [1.29, 1.82) is 0 Å². The van der Waals surface area contributed by atoms with Crippen molar-refractivity contribution in [2.75, 3.05) is 13.1 Å². The van der Waals surface area contributed by atoms with Crippen LogP contribution in [-0.2, 0) is 6.42 Å². The van der Waals surface area contributed by atoms with Crippen LogP contribution in [0.3, 0.4) is 0 Å². The molecule has 122 valence electrons. The summed E-state index contributed by atoms with van der Waals surface area (Å²) in [6.07, 6.45) is 4.22. The molecule has 0 radical (unpaired) electrons. The van der Waals surface area contributed by atoms with Gasteiger partial charge in [0.25, 0.3) is 0 Å². The van der Waals surface area contributed by atoms with E-state index in [2.05, 4.69) is 71.8 Å². The van der Waals surface area contributed by atoms with Crippen molar-refractivity contribution < 1.29 is 0 Å². The van der Waals surface area contributed by atoms with Crippen LogP contribution in [0.15, 0.2) is 35.5 Å². The van der Waals surface area contributed by atoms with E-state index < -0.39 is 0 Å². The number of aliphatic imine (C=N–C) groups is 1. The van der Waals surface area contributed by atoms with Gasteiger partial charge in [-0.1, -0.05) is 18.2 Å². The molecule has 5 heteroatoms. The fraction of sp³-hybridized carbons (Fsp3) is 0.471. The second-order valence-corrected chi connectivity index (χ2v) is 5.52. The number of aromatic nitrogens is 1. The van der Waals surface area contributed by atoms with Crippen LogP contribution in [0.2, 0.25) is 0 Å². The van der Waals surface area contributed by atoms with Gasteiger partial charge in [0.05, 0.1) is 0 Å². The van der Waals surface area contributed by atoms with E-state index in [1.807, 2.05) is 0 Å². The Bertz CT molecular complexity index is 589. The van der Waals surface area contributed by atoms with E-state index in [1.165, 1.54) is 16.5 Å². The van der Waals surface area contributed by atoms with Crippen molar-refractivity contribution in [2.24, 2.45) is 4.99 Å². The molecule has 0 fully saturated rings. The Morgan fingerprint density at radius 1 is 1.27 bits per heavy atom. The number of hydrogen-bond acceptors (Lipinski definition) is 1. The summed E-state index contributed by atoms with van der Waals surface area (Å²) in [7, 11) is 0. The zero-order valence-electron chi connectivity index (χ0n) is 13.6. The van der Waals surface area contributed by atoms with E-state index in [0.717, 1.165) is 31.9 Å². The SMILES string of the molecule is CCNC(=NCCCc1c[nH]c2ccccc12)NC(C)C.I. The number of H-pyrrole nitrogens is 1. The molecule has 0 spiro atoms. The molecule has 0 amide bonds. The molecule has 0 atom stereocenters. The van der Waals surface area contributed by atoms with Crippen molar-refractivity contribution in [2.45, 2.75) is 39.7 Å². The summed E-state index contributed by atoms with van der Waals surface area (Å²) in [4.78, 5) is 7.94. The van der Waals surface area contributed by atoms with Crippen LogP contribution in [-0.4, -0.2) is 30.1 Å². The molecular weight excluding hydrogens is 387 g/mol. The highest BCUT2D eigenvalue weighted by Gasteiger charge is 2.03. The number of rotatable bonds is 6. The summed E-state index contributed by atoms with van der Waals surface area (Å²) >= 11 is 0. The molecule has 0 aliphatic rings. The lowest BCUT2D eigenvalue weighted by Crippen LogP contribution is -2.41. The lowest BCUT2D eigenvalue weighted by atomic mass is 10.1. The Kier molecular flexibility index (Phi) is 8.30. The largest absolute Gasteiger partial charge is 0.361 e. The van der Waals surface area contributed by atoms with Gasteiger partial charge in [0.2, 0.25) is 0 Å². The highest BCUT2D eigenvalue weighted by atomic mass is 127. The highest BCUT2D eigenvalue weighted by Crippen LogP contribution is 2.18. The first-order valence-electron chi connectivity index (χ1n) is 7.80. The Hall–Kier alpha value is -1.24. The quantitative estimate of drug-likeness (QED) is 0.292. The van der Waals surface area contributed by atoms with Crippen LogP contribution in [0.1, 0.15) is 32.8 Å². The van der Waals surface area contributed by atoms with Gasteiger partial charge in [0.1, 0.15) is 0 Å². The van der Waals surface area contributed by atoms with Crippen LogP contribution < -0.4 is 10.6 Å². The lowest BCUT2D eigenvalue weighted by Gasteiger charge is -2.13. The van der Waals surface area contributed by atoms with Gasteiger partial charge in [-0.3, -0.25) is 4.99 Å². The maximum absolute atomic E-state index is 4.62. The molecule has 1 heterocycles. The predicted octanol–water partition coefficient (Wildman–Crippen LogP) is 3.68. The van der Waals surface area contributed by atoms with Gasteiger partial charge in [0, 0.05) is 36.2 Å². The van der Waals surface area contributed by atoms with E-state index >= 15 is 0 Å². The Morgan fingerprint density at radius 3 is 2.77 bits per heavy atom. The number of nitrogens with one attached hydrogen (secondary N) is 3. The second kappa shape index (κ2) is 9.71. The van der Waals surface area contributed by atoms with Gasteiger partial charge in [-0.2, -0.15) is 0 Å². The number of halogens is 1. The van der Waals surface area contributed by atoms with E-state index in [1.54, 1.807) is 0 Å². The van der Waals surface area contributed by atoms with Crippen LogP contribution in [0, 0.1) is 0 Å². The zero-order valence-corrected chi connectivity index (χ0v) is 16.0. The van der Waals surface area contributed by atoms with Gasteiger partial charge in [-0.15, -0.1) is 24.0 Å². The van der Waals surface area contributed by atoms with E-state index in [0.29, 0.717) is 6.04 Å². The molecule has 0 bridgehead atoms. The molecule has 0 aliphatic carbocycles. The van der Waals surface area contributed by atoms with E-state index in [-0.39, 0.29) is 24.0 Å². The summed E-state index contributed by atoms with van der Waals surface area (Å²) < 4.78 is 0. The number of guanidine groups is 1. The Balaban J connectivity index is 0.00000242. The summed E-state index contributed by atoms with van der Waals surface area (Å²) in [5.74, 6) is 0.909. The first-order chi connectivity index (χ1) is 10.2. The fourth-order valence-corrected chi connectivity index (χ4v) is 2.39. The number of para-hydroxylation sites is 1. The highest BCUT2D eigenvalue weighted by molar-refractivity contribution is 14.0. The third-order valence-corrected chi connectivity index (χ3v) is 3.32. The monoisotopic (exact) mass is 414 g/mol. The third kappa shape index (κ3) is 5.51. The molecule has 4 nitrogen and oxygen atoms in total. The molecule has 2 rings (SSSR count). The van der Waals surface area contributed by atoms with Gasteiger partial charge < -0.3 is 15.6 Å². The summed E-state index contributed by atoms with van der Waals surface area (Å²) in [5, 5.41) is 7.93. The minimum Gasteiger partial charge on any atom is -0.361 e. The van der Waals surface area contributed by atoms with Gasteiger partial charge in [-0.25, -0.2) is 0 Å². The molecule has 2 aromatic rings. The molecule has 0 aliphatic heterocycles. The summed E-state index contributed by atoms with van der Waals surface area (Å²) in [6, 6.07) is 8.85. The second-order valence-electron chi connectivity index (χ2n) is 5.52. The maximum Gasteiger partial charge on any atom is 0.191 e. The van der Waals surface area contributed by atoms with Crippen LogP contribution in [0.25, 0.3) is 10.9 Å². The normalized spacial score (nSPS) is 11.5. The zero-order chi connectivity index (χ0) is 15.1. The fourth-order valence-electron chi connectivity index (χ4n) is 2.39. The average Bonchev–Trinajstić information content (AvgIpc) is 2.86. The summed E-state index contributed by atoms with van der Waals surface area (Å²) in [6.45, 7) is 8.06. The van der Waals surface area contributed by atoms with Crippen molar-refractivity contribution in [3.63, 3.8) is 0 Å². The molecule has 22 heavy (non-hydrogen) atoms. The first kappa shape index (κ1) is 18.8. The predicted molar refractivity (Wildman–Crippen MR) is 106 cm³/mol. The van der Waals surface area contributed by atoms with E-state index in [9.17, 15) is 0 Å². The molecule has 1 aromatic heterocycles. The van der Waals surface area contributed by atoms with Crippen molar-refractivity contribution in [3.05, 3.63) is 36.0 Å². The number of hydrogen-bond donors (Lipinski definition) is 3. The van der Waals surface area contributed by atoms with E-state index in [4.69, 9.17) is 0 Å². The molecule has 3 N–H and O–H groups in total. The third-order valence-electron chi connectivity index (χ3n) is 3.32. The molecule has 0 saturated heterocycles. The molecule has 1 aromatic carbocycles. The van der Waals surface area contributed by atoms with Crippen molar-refractivity contribution in [1.82, 2.24) is 15.6 Å². The molecule has 0 saturated carbocycles. The molecule has 0 unspecified atom stereocenters. The Labute approximate surface area is 150 Å². The number of nitrogens with zero attached hydrogens (tertiary/aromatic N) is 1. The Morgan fingerprint density at radius 2 is 2.05 bits per heavy atom. The number of aryl methyl sites for hydroxylation is 1. The minimum absolute atomic E-state index is 0. The topological polar surface area (TPSA) is 52.2 Å². The minimum atomic E-state index is 0. The van der Waals surface area contributed by atoms with Crippen molar-refractivity contribution >= 4 is 40.8 Å². The van der Waals surface area contributed by atoms with Crippen LogP contribution in [0.4, 0.5) is 0 Å². The van der Waals surface area contributed by atoms with Gasteiger partial charge >= 0.3 is 0 Å². The van der Waals surface area contributed by atoms with Crippen molar-refractivity contribution in [3.8, 4) is 0 Å². The molecular formula is C17H27IN4. The lowest BCUT2D eigenvalue weighted by molar-refractivity contribution is 0.697. The first-order valence-corrected chi connectivity index (χ1v) is 7.80. The van der Waals surface area contributed by atoms with Gasteiger partial charge in [0.15, 0.2) is 5.96 Å². The number of benzene rings is 1. The number of aromatic amines is 1. The smallest absolute Gasteiger partial charge is 0.191 e. The number of fused-ring (bicyclic) bond motifs is 1. The maximum atomic E-state index is 4.62. The van der Waals surface area contributed by atoms with Gasteiger partial charge in [-0.05, 0) is 45.2 Å². The average molecular weight is 414 g/mol. The van der Waals surface area contributed by atoms with Crippen LogP contribution in [0.5, 0.6) is 0 Å².